The summed E-state index contributed by atoms with van der Waals surface area (Å²) in [4.78, 5) is 22.1. The van der Waals surface area contributed by atoms with E-state index in [0.717, 1.165) is 36.0 Å². The lowest BCUT2D eigenvalue weighted by atomic mass is 10.0. The Bertz CT molecular complexity index is 492. The number of amides is 1. The second kappa shape index (κ2) is 4.91. The first-order valence-corrected chi connectivity index (χ1v) is 5.69. The molecule has 0 saturated carbocycles. The van der Waals surface area contributed by atoms with Crippen LogP contribution in [0.1, 0.15) is 41.3 Å². The van der Waals surface area contributed by atoms with Crippen LogP contribution >= 0.6 is 0 Å². The van der Waals surface area contributed by atoms with Crippen LogP contribution in [0.4, 0.5) is 0 Å². The van der Waals surface area contributed by atoms with Crippen LogP contribution in [0.3, 0.4) is 0 Å². The van der Waals surface area contributed by atoms with Gasteiger partial charge in [-0.2, -0.15) is 5.10 Å². The molecule has 1 aromatic carbocycles. The molecule has 0 fully saturated rings. The van der Waals surface area contributed by atoms with E-state index >= 15 is 0 Å². The lowest BCUT2D eigenvalue weighted by Gasteiger charge is -2.04. The SMILES string of the molecule is CCC(=O)N/N=C1/CCc2cccc(C=O)c21. The van der Waals surface area contributed by atoms with Crippen LogP contribution in [0.25, 0.3) is 0 Å². The van der Waals surface area contributed by atoms with Gasteiger partial charge in [-0.15, -0.1) is 0 Å². The second-order valence-corrected chi connectivity index (χ2v) is 3.95. The molecule has 4 nitrogen and oxygen atoms in total. The number of hydrogen-bond acceptors (Lipinski definition) is 3. The number of nitrogens with zero attached hydrogens (tertiary/aromatic N) is 1. The lowest BCUT2D eigenvalue weighted by Crippen LogP contribution is -2.18. The molecule has 1 aromatic rings. The van der Waals surface area contributed by atoms with E-state index in [0.29, 0.717) is 12.0 Å². The van der Waals surface area contributed by atoms with Gasteiger partial charge in [-0.3, -0.25) is 9.59 Å². The number of benzene rings is 1. The number of nitrogens with one attached hydrogen (secondary N) is 1. The maximum absolute atomic E-state index is 11.1. The second-order valence-electron chi connectivity index (χ2n) is 3.95. The molecule has 0 unspecified atom stereocenters. The first-order valence-electron chi connectivity index (χ1n) is 5.69. The zero-order chi connectivity index (χ0) is 12.3. The predicted octanol–water partition coefficient (Wildman–Crippen LogP) is 1.68. The fourth-order valence-electron chi connectivity index (χ4n) is 1.98. The third-order valence-electron chi connectivity index (χ3n) is 2.87. The monoisotopic (exact) mass is 230 g/mol. The van der Waals surface area contributed by atoms with Crippen molar-refractivity contribution in [3.63, 3.8) is 0 Å². The summed E-state index contributed by atoms with van der Waals surface area (Å²) in [6.45, 7) is 1.77. The number of carbonyl (C=O) groups excluding carboxylic acids is 2. The Morgan fingerprint density at radius 2 is 2.29 bits per heavy atom. The summed E-state index contributed by atoms with van der Waals surface area (Å²) in [5.74, 6) is -0.116. The molecule has 0 aromatic heterocycles. The molecule has 0 saturated heterocycles. The first kappa shape index (κ1) is 11.5. The molecule has 0 atom stereocenters. The van der Waals surface area contributed by atoms with E-state index in [1.54, 1.807) is 13.0 Å². The molecular weight excluding hydrogens is 216 g/mol. The summed E-state index contributed by atoms with van der Waals surface area (Å²) in [5, 5.41) is 4.10. The number of fused-ring (bicyclic) bond motifs is 1. The molecule has 0 radical (unpaired) electrons. The normalized spacial score (nSPS) is 15.7. The quantitative estimate of drug-likeness (QED) is 0.634. The van der Waals surface area contributed by atoms with Crippen molar-refractivity contribution in [3.8, 4) is 0 Å². The summed E-state index contributed by atoms with van der Waals surface area (Å²) < 4.78 is 0. The van der Waals surface area contributed by atoms with Crippen molar-refractivity contribution in [3.05, 3.63) is 34.9 Å². The van der Waals surface area contributed by atoms with Crippen LogP contribution in [0.5, 0.6) is 0 Å². The molecule has 0 spiro atoms. The van der Waals surface area contributed by atoms with Crippen molar-refractivity contribution in [1.82, 2.24) is 5.43 Å². The van der Waals surface area contributed by atoms with Gasteiger partial charge in [0.15, 0.2) is 6.29 Å². The molecule has 4 heteroatoms. The van der Waals surface area contributed by atoms with Crippen LogP contribution in [-0.2, 0) is 11.2 Å². The van der Waals surface area contributed by atoms with Crippen LogP contribution < -0.4 is 5.43 Å². The van der Waals surface area contributed by atoms with Crippen LogP contribution in [-0.4, -0.2) is 17.9 Å². The van der Waals surface area contributed by atoms with Gasteiger partial charge in [-0.05, 0) is 18.4 Å². The molecule has 0 aliphatic heterocycles. The fraction of sp³-hybridized carbons (Fsp3) is 0.308. The molecule has 0 bridgehead atoms. The number of carbonyl (C=O) groups is 2. The Kier molecular flexibility index (Phi) is 3.32. The van der Waals surface area contributed by atoms with Crippen LogP contribution in [0.15, 0.2) is 23.3 Å². The topological polar surface area (TPSA) is 58.5 Å². The summed E-state index contributed by atoms with van der Waals surface area (Å²) in [7, 11) is 0. The van der Waals surface area contributed by atoms with E-state index in [4.69, 9.17) is 0 Å². The molecule has 1 amide bonds. The number of hydrazone groups is 1. The van der Waals surface area contributed by atoms with Crippen molar-refractivity contribution < 1.29 is 9.59 Å². The maximum atomic E-state index is 11.1. The average Bonchev–Trinajstić information content (AvgIpc) is 2.79. The molecule has 1 aliphatic rings. The standard InChI is InChI=1S/C13H14N2O2/c1-2-12(17)15-14-11-7-6-9-4-3-5-10(8-16)13(9)11/h3-5,8H,2,6-7H2,1H3,(H,15,17)/b14-11-. The van der Waals surface area contributed by atoms with Gasteiger partial charge in [-0.25, -0.2) is 5.43 Å². The largest absolute Gasteiger partial charge is 0.298 e. The zero-order valence-corrected chi connectivity index (χ0v) is 9.69. The van der Waals surface area contributed by atoms with Gasteiger partial charge in [0.25, 0.3) is 0 Å². The Labute approximate surface area is 99.7 Å². The van der Waals surface area contributed by atoms with Gasteiger partial charge < -0.3 is 0 Å². The predicted molar refractivity (Wildman–Crippen MR) is 65.1 cm³/mol. The summed E-state index contributed by atoms with van der Waals surface area (Å²) in [6.07, 6.45) is 2.88. The highest BCUT2D eigenvalue weighted by Gasteiger charge is 2.20. The minimum Gasteiger partial charge on any atom is -0.298 e. The summed E-state index contributed by atoms with van der Waals surface area (Å²) in [5.41, 5.74) is 5.95. The first-order chi connectivity index (χ1) is 8.26. The highest BCUT2D eigenvalue weighted by atomic mass is 16.2. The van der Waals surface area contributed by atoms with E-state index in [9.17, 15) is 9.59 Å². The van der Waals surface area contributed by atoms with E-state index in [-0.39, 0.29) is 5.91 Å². The van der Waals surface area contributed by atoms with E-state index in [1.165, 1.54) is 0 Å². The lowest BCUT2D eigenvalue weighted by molar-refractivity contribution is -0.120. The molecular formula is C13H14N2O2. The van der Waals surface area contributed by atoms with Gasteiger partial charge >= 0.3 is 0 Å². The van der Waals surface area contributed by atoms with Crippen molar-refractivity contribution in [2.75, 3.05) is 0 Å². The van der Waals surface area contributed by atoms with Crippen molar-refractivity contribution in [2.24, 2.45) is 5.10 Å². The van der Waals surface area contributed by atoms with E-state index in [2.05, 4.69) is 10.5 Å². The van der Waals surface area contributed by atoms with Crippen molar-refractivity contribution in [1.29, 1.82) is 0 Å². The maximum Gasteiger partial charge on any atom is 0.239 e. The highest BCUT2D eigenvalue weighted by molar-refractivity contribution is 6.09. The molecule has 1 aliphatic carbocycles. The third kappa shape index (κ3) is 2.25. The third-order valence-corrected chi connectivity index (χ3v) is 2.87. The molecule has 2 rings (SSSR count). The Balaban J connectivity index is 2.32. The van der Waals surface area contributed by atoms with Gasteiger partial charge in [-0.1, -0.05) is 25.1 Å². The minimum absolute atomic E-state index is 0.116. The van der Waals surface area contributed by atoms with Gasteiger partial charge in [0.2, 0.25) is 5.91 Å². The van der Waals surface area contributed by atoms with Crippen molar-refractivity contribution >= 4 is 17.9 Å². The molecule has 0 heterocycles. The van der Waals surface area contributed by atoms with Crippen LogP contribution in [0.2, 0.25) is 0 Å². The molecule has 1 N–H and O–H groups in total. The van der Waals surface area contributed by atoms with E-state index < -0.39 is 0 Å². The number of hydrogen-bond donors (Lipinski definition) is 1. The van der Waals surface area contributed by atoms with Gasteiger partial charge in [0.05, 0.1) is 5.71 Å². The minimum atomic E-state index is -0.116. The Morgan fingerprint density at radius 1 is 1.47 bits per heavy atom. The van der Waals surface area contributed by atoms with Gasteiger partial charge in [0.1, 0.15) is 0 Å². The van der Waals surface area contributed by atoms with Crippen molar-refractivity contribution in [2.45, 2.75) is 26.2 Å². The number of aldehydes is 1. The number of rotatable bonds is 3. The average molecular weight is 230 g/mol. The summed E-state index contributed by atoms with van der Waals surface area (Å²) >= 11 is 0. The fourth-order valence-corrected chi connectivity index (χ4v) is 1.98. The number of aryl methyl sites for hydroxylation is 1. The molecule has 88 valence electrons. The summed E-state index contributed by atoms with van der Waals surface area (Å²) in [6, 6.07) is 5.64. The smallest absolute Gasteiger partial charge is 0.239 e. The Morgan fingerprint density at radius 3 is 3.00 bits per heavy atom. The van der Waals surface area contributed by atoms with Crippen LogP contribution in [0, 0.1) is 0 Å². The van der Waals surface area contributed by atoms with E-state index in [1.807, 2.05) is 12.1 Å². The molecule has 17 heavy (non-hydrogen) atoms. The van der Waals surface area contributed by atoms with Gasteiger partial charge in [0, 0.05) is 17.5 Å². The highest BCUT2D eigenvalue weighted by Crippen LogP contribution is 2.24. The Hall–Kier alpha value is -1.97. The zero-order valence-electron chi connectivity index (χ0n) is 9.69.